The summed E-state index contributed by atoms with van der Waals surface area (Å²) in [6, 6.07) is 8.30. The Kier molecular flexibility index (Phi) is 14.1. The van der Waals surface area contributed by atoms with Crippen LogP contribution in [-0.2, 0) is 10.1 Å². The molecule has 3 unspecified atom stereocenters. The number of hydrogen-bond acceptors (Lipinski definition) is 5. The predicted octanol–water partition coefficient (Wildman–Crippen LogP) is 5.60. The lowest BCUT2D eigenvalue weighted by Crippen LogP contribution is -2.39. The molecule has 6 heteroatoms. The molecule has 0 aliphatic rings. The molecule has 0 aliphatic heterocycles. The summed E-state index contributed by atoms with van der Waals surface area (Å²) in [5.74, 6) is 0.222. The van der Waals surface area contributed by atoms with Gasteiger partial charge in [0.25, 0.3) is 0 Å². The predicted molar refractivity (Wildman–Crippen MR) is 123 cm³/mol. The number of hydrogen-bond donors (Lipinski definition) is 2. The molecule has 2 N–H and O–H groups in total. The first kappa shape index (κ1) is 26.9. The molecule has 0 heterocycles. The average molecular weight is 443 g/mol. The number of benzene rings is 1. The molecular formula is C24H42O5S. The van der Waals surface area contributed by atoms with E-state index >= 15 is 0 Å². The molecule has 0 aromatic heterocycles. The fourth-order valence-electron chi connectivity index (χ4n) is 3.60. The van der Waals surface area contributed by atoms with Gasteiger partial charge in [-0.3, -0.25) is 0 Å². The Balaban J connectivity index is 2.46. The minimum absolute atomic E-state index is 0.0232. The first-order valence-corrected chi connectivity index (χ1v) is 13.2. The molecule has 0 saturated carbocycles. The van der Waals surface area contributed by atoms with Crippen LogP contribution in [0.3, 0.4) is 0 Å². The topological polar surface area (TPSA) is 83.8 Å². The van der Waals surface area contributed by atoms with Gasteiger partial charge in [0.2, 0.25) is 0 Å². The zero-order chi connectivity index (χ0) is 22.2. The monoisotopic (exact) mass is 442 g/mol. The van der Waals surface area contributed by atoms with Crippen molar-refractivity contribution < 1.29 is 22.8 Å². The lowest BCUT2D eigenvalue weighted by Gasteiger charge is -2.24. The molecule has 0 saturated heterocycles. The molecular weight excluding hydrogens is 400 g/mol. The summed E-state index contributed by atoms with van der Waals surface area (Å²) in [7, 11) is -4.05. The Morgan fingerprint density at radius 1 is 0.833 bits per heavy atom. The third-order valence-electron chi connectivity index (χ3n) is 5.58. The van der Waals surface area contributed by atoms with Crippen LogP contribution >= 0.6 is 0 Å². The van der Waals surface area contributed by atoms with Crippen LogP contribution < -0.4 is 4.18 Å². The molecule has 30 heavy (non-hydrogen) atoms. The summed E-state index contributed by atoms with van der Waals surface area (Å²) in [5, 5.41) is 19.5. The molecule has 0 radical (unpaired) electrons. The van der Waals surface area contributed by atoms with Gasteiger partial charge in [-0.05, 0) is 31.4 Å². The summed E-state index contributed by atoms with van der Waals surface area (Å²) in [6.07, 6.45) is 10.8. The zero-order valence-corrected chi connectivity index (χ0v) is 19.7. The molecule has 1 aromatic rings. The summed E-state index contributed by atoms with van der Waals surface area (Å²) in [6.45, 7) is 4.02. The van der Waals surface area contributed by atoms with E-state index in [-0.39, 0.29) is 12.2 Å². The maximum atomic E-state index is 12.8. The summed E-state index contributed by atoms with van der Waals surface area (Å²) < 4.78 is 30.8. The Hall–Kier alpha value is -1.11. The number of rotatable bonds is 18. The van der Waals surface area contributed by atoms with E-state index in [1.807, 2.05) is 0 Å². The maximum absolute atomic E-state index is 12.8. The van der Waals surface area contributed by atoms with Crippen molar-refractivity contribution in [1.29, 1.82) is 0 Å². The largest absolute Gasteiger partial charge is 0.393 e. The van der Waals surface area contributed by atoms with Crippen molar-refractivity contribution in [3.63, 3.8) is 0 Å². The van der Waals surface area contributed by atoms with Crippen LogP contribution in [0.2, 0.25) is 0 Å². The second-order valence-corrected chi connectivity index (χ2v) is 10.0. The molecule has 174 valence electrons. The van der Waals surface area contributed by atoms with Gasteiger partial charge in [-0.15, -0.1) is 0 Å². The van der Waals surface area contributed by atoms with Crippen LogP contribution in [0.25, 0.3) is 0 Å². The van der Waals surface area contributed by atoms with Crippen molar-refractivity contribution >= 4 is 10.1 Å². The maximum Gasteiger partial charge on any atom is 0.314 e. The highest BCUT2D eigenvalue weighted by Crippen LogP contribution is 2.23. The highest BCUT2D eigenvalue weighted by atomic mass is 32.2. The lowest BCUT2D eigenvalue weighted by atomic mass is 10.0. The highest BCUT2D eigenvalue weighted by molar-refractivity contribution is 7.87. The third-order valence-corrected chi connectivity index (χ3v) is 7.26. The smallest absolute Gasteiger partial charge is 0.314 e. The Morgan fingerprint density at radius 2 is 1.37 bits per heavy atom. The normalized spacial score (nSPS) is 14.9. The second kappa shape index (κ2) is 15.7. The van der Waals surface area contributed by atoms with Gasteiger partial charge in [0.1, 0.15) is 11.0 Å². The van der Waals surface area contributed by atoms with Crippen LogP contribution in [0, 0.1) is 0 Å². The van der Waals surface area contributed by atoms with E-state index in [4.69, 9.17) is 4.18 Å². The number of unbranched alkanes of at least 4 members (excludes halogenated alkanes) is 9. The third kappa shape index (κ3) is 11.3. The number of aliphatic hydroxyl groups is 2. The molecule has 5 nitrogen and oxygen atoms in total. The summed E-state index contributed by atoms with van der Waals surface area (Å²) in [5.41, 5.74) is 0. The van der Waals surface area contributed by atoms with E-state index in [1.165, 1.54) is 44.9 Å². The molecule has 0 fully saturated rings. The SMILES string of the molecule is CCCCCCCCCCCCC(O)C(CC(O)CC)S(=O)(=O)Oc1ccccc1. The highest BCUT2D eigenvalue weighted by Gasteiger charge is 2.35. The fourth-order valence-corrected chi connectivity index (χ4v) is 5.08. The van der Waals surface area contributed by atoms with Crippen LogP contribution in [0.5, 0.6) is 5.75 Å². The standard InChI is InChI=1S/C24H42O5S/c1-3-5-6-7-8-9-10-11-12-16-19-23(26)24(20-21(25)4-2)30(27,28)29-22-17-14-13-15-18-22/h13-15,17-18,21,23-26H,3-12,16,19-20H2,1-2H3. The second-order valence-electron chi connectivity index (χ2n) is 8.26. The van der Waals surface area contributed by atoms with E-state index < -0.39 is 27.6 Å². The first-order chi connectivity index (χ1) is 14.4. The van der Waals surface area contributed by atoms with E-state index in [9.17, 15) is 18.6 Å². The number of aliphatic hydroxyl groups excluding tert-OH is 2. The Labute approximate surface area is 184 Å². The van der Waals surface area contributed by atoms with Crippen LogP contribution in [-0.4, -0.2) is 36.1 Å². The van der Waals surface area contributed by atoms with Crippen LogP contribution in [0.15, 0.2) is 30.3 Å². The minimum atomic E-state index is -4.05. The Bertz CT molecular complexity index is 632. The van der Waals surface area contributed by atoms with Crippen LogP contribution in [0.4, 0.5) is 0 Å². The average Bonchev–Trinajstić information content (AvgIpc) is 2.73. The van der Waals surface area contributed by atoms with Gasteiger partial charge >= 0.3 is 10.1 Å². The summed E-state index contributed by atoms with van der Waals surface area (Å²) in [4.78, 5) is 0. The van der Waals surface area contributed by atoms with E-state index in [2.05, 4.69) is 6.92 Å². The van der Waals surface area contributed by atoms with Crippen molar-refractivity contribution in [2.75, 3.05) is 0 Å². The quantitative estimate of drug-likeness (QED) is 0.228. The van der Waals surface area contributed by atoms with E-state index in [1.54, 1.807) is 37.3 Å². The molecule has 0 bridgehead atoms. The van der Waals surface area contributed by atoms with E-state index in [0.29, 0.717) is 12.8 Å². The lowest BCUT2D eigenvalue weighted by molar-refractivity contribution is 0.105. The first-order valence-electron chi connectivity index (χ1n) is 11.7. The van der Waals surface area contributed by atoms with Crippen molar-refractivity contribution in [3.8, 4) is 5.75 Å². The minimum Gasteiger partial charge on any atom is -0.393 e. The Morgan fingerprint density at radius 3 is 1.90 bits per heavy atom. The van der Waals surface area contributed by atoms with Gasteiger partial charge in [0.15, 0.2) is 0 Å². The molecule has 1 aromatic carbocycles. The van der Waals surface area contributed by atoms with E-state index in [0.717, 1.165) is 19.3 Å². The van der Waals surface area contributed by atoms with Crippen LogP contribution in [0.1, 0.15) is 97.3 Å². The number of para-hydroxylation sites is 1. The van der Waals surface area contributed by atoms with Crippen molar-refractivity contribution in [3.05, 3.63) is 30.3 Å². The molecule has 3 atom stereocenters. The van der Waals surface area contributed by atoms with Gasteiger partial charge in [-0.2, -0.15) is 8.42 Å². The molecule has 0 amide bonds. The molecule has 1 rings (SSSR count). The van der Waals surface area contributed by atoms with Gasteiger partial charge in [0, 0.05) is 0 Å². The van der Waals surface area contributed by atoms with Crippen molar-refractivity contribution in [2.45, 2.75) is 115 Å². The van der Waals surface area contributed by atoms with Gasteiger partial charge in [-0.25, -0.2) is 0 Å². The van der Waals surface area contributed by atoms with Crippen molar-refractivity contribution in [1.82, 2.24) is 0 Å². The fraction of sp³-hybridized carbons (Fsp3) is 0.750. The van der Waals surface area contributed by atoms with Gasteiger partial charge < -0.3 is 14.4 Å². The van der Waals surface area contributed by atoms with Gasteiger partial charge in [0.05, 0.1) is 12.2 Å². The zero-order valence-electron chi connectivity index (χ0n) is 18.8. The summed E-state index contributed by atoms with van der Waals surface area (Å²) >= 11 is 0. The molecule has 0 spiro atoms. The van der Waals surface area contributed by atoms with Crippen molar-refractivity contribution in [2.24, 2.45) is 0 Å². The van der Waals surface area contributed by atoms with Gasteiger partial charge in [-0.1, -0.05) is 96.3 Å². The molecule has 0 aliphatic carbocycles.